The van der Waals surface area contributed by atoms with E-state index in [2.05, 4.69) is 9.71 Å². The van der Waals surface area contributed by atoms with Gasteiger partial charge >= 0.3 is 5.97 Å². The van der Waals surface area contributed by atoms with Crippen molar-refractivity contribution >= 4 is 16.0 Å². The van der Waals surface area contributed by atoms with E-state index in [0.717, 1.165) is 0 Å². The molecule has 164 valence electrons. The number of hydrogen-bond acceptors (Lipinski definition) is 7. The fraction of sp³-hybridized carbons (Fsp3) is 0.0909. The predicted octanol–water partition coefficient (Wildman–Crippen LogP) is 3.91. The van der Waals surface area contributed by atoms with Crippen molar-refractivity contribution < 1.29 is 31.2 Å². The van der Waals surface area contributed by atoms with Gasteiger partial charge in [0.05, 0.1) is 23.3 Å². The Kier molecular flexibility index (Phi) is 6.15. The first-order valence-electron chi connectivity index (χ1n) is 9.40. The van der Waals surface area contributed by atoms with E-state index >= 15 is 0 Å². The highest BCUT2D eigenvalue weighted by Crippen LogP contribution is 2.19. The topological polar surface area (TPSA) is 112 Å². The molecule has 2 aromatic heterocycles. The summed E-state index contributed by atoms with van der Waals surface area (Å²) < 4.78 is 55.8. The molecule has 0 aliphatic carbocycles. The number of ether oxygens (including phenoxy) is 1. The van der Waals surface area contributed by atoms with Crippen LogP contribution in [0.3, 0.4) is 0 Å². The molecule has 1 N–H and O–H groups in total. The van der Waals surface area contributed by atoms with Crippen LogP contribution in [0.2, 0.25) is 0 Å². The van der Waals surface area contributed by atoms with Crippen molar-refractivity contribution in [3.63, 3.8) is 0 Å². The Bertz CT molecular complexity index is 1300. The highest BCUT2D eigenvalue weighted by Gasteiger charge is 2.16. The monoisotopic (exact) mass is 456 g/mol. The molecule has 0 unspecified atom stereocenters. The molecule has 4 aromatic rings. The Morgan fingerprint density at radius 1 is 1.03 bits per heavy atom. The van der Waals surface area contributed by atoms with Gasteiger partial charge in [-0.05, 0) is 60.7 Å². The van der Waals surface area contributed by atoms with Crippen molar-refractivity contribution in [1.29, 1.82) is 0 Å². The van der Waals surface area contributed by atoms with Gasteiger partial charge in [-0.25, -0.2) is 27.3 Å². The van der Waals surface area contributed by atoms with E-state index in [4.69, 9.17) is 13.6 Å². The lowest BCUT2D eigenvalue weighted by Crippen LogP contribution is -2.23. The molecule has 0 amide bonds. The molecular formula is C22H17FN2O6S. The quantitative estimate of drug-likeness (QED) is 0.400. The average Bonchev–Trinajstić information content (AvgIpc) is 3.49. The maximum Gasteiger partial charge on any atom is 0.338 e. The van der Waals surface area contributed by atoms with Gasteiger partial charge in [0.1, 0.15) is 30.1 Å². The fourth-order valence-electron chi connectivity index (χ4n) is 2.75. The normalized spacial score (nSPS) is 11.4. The molecular weight excluding hydrogens is 439 g/mol. The first-order valence-corrected chi connectivity index (χ1v) is 10.9. The number of furan rings is 1. The molecule has 0 atom stereocenters. The minimum atomic E-state index is -3.77. The van der Waals surface area contributed by atoms with Gasteiger partial charge in [0.25, 0.3) is 0 Å². The Balaban J connectivity index is 1.34. The largest absolute Gasteiger partial charge is 0.468 e. The molecule has 0 saturated heterocycles. The lowest BCUT2D eigenvalue weighted by Gasteiger charge is -2.07. The highest BCUT2D eigenvalue weighted by atomic mass is 32.2. The maximum atomic E-state index is 13.0. The van der Waals surface area contributed by atoms with Crippen molar-refractivity contribution in [3.8, 4) is 11.5 Å². The minimum absolute atomic E-state index is 0.000969. The van der Waals surface area contributed by atoms with Crippen LogP contribution >= 0.6 is 0 Å². The van der Waals surface area contributed by atoms with Crippen LogP contribution in [0, 0.1) is 5.82 Å². The molecule has 0 spiro atoms. The van der Waals surface area contributed by atoms with Gasteiger partial charge in [-0.3, -0.25) is 0 Å². The van der Waals surface area contributed by atoms with Crippen LogP contribution in [-0.2, 0) is 27.9 Å². The number of hydrogen-bond donors (Lipinski definition) is 1. The lowest BCUT2D eigenvalue weighted by molar-refractivity contribution is 0.0467. The SMILES string of the molecule is O=C(OCc1coc(-c2ccc(F)cc2)n1)c1ccc(S(=O)(=O)NCc2ccco2)cc1. The number of benzene rings is 2. The number of carbonyl (C=O) groups excluding carboxylic acids is 1. The van der Waals surface area contributed by atoms with E-state index in [1.165, 1.54) is 61.1 Å². The summed E-state index contributed by atoms with van der Waals surface area (Å²) in [5.74, 6) is -0.276. The van der Waals surface area contributed by atoms with Crippen molar-refractivity contribution in [2.75, 3.05) is 0 Å². The molecule has 0 bridgehead atoms. The summed E-state index contributed by atoms with van der Waals surface area (Å²) >= 11 is 0. The number of rotatable bonds is 8. The van der Waals surface area contributed by atoms with Crippen LogP contribution < -0.4 is 4.72 Å². The van der Waals surface area contributed by atoms with Crippen molar-refractivity contribution in [1.82, 2.24) is 9.71 Å². The number of nitrogens with one attached hydrogen (secondary N) is 1. The number of carbonyl (C=O) groups is 1. The van der Waals surface area contributed by atoms with Gasteiger partial charge in [-0.2, -0.15) is 0 Å². The van der Waals surface area contributed by atoms with Crippen LogP contribution in [0.15, 0.2) is 86.9 Å². The third-order valence-corrected chi connectivity index (χ3v) is 5.83. The number of sulfonamides is 1. The second-order valence-electron chi connectivity index (χ2n) is 6.66. The minimum Gasteiger partial charge on any atom is -0.468 e. The molecule has 2 aromatic carbocycles. The summed E-state index contributed by atoms with van der Waals surface area (Å²) in [6.45, 7) is -0.134. The molecule has 2 heterocycles. The maximum absolute atomic E-state index is 13.0. The summed E-state index contributed by atoms with van der Waals surface area (Å²) in [5, 5.41) is 0. The molecule has 4 rings (SSSR count). The van der Waals surface area contributed by atoms with Crippen LogP contribution in [0.5, 0.6) is 0 Å². The first-order chi connectivity index (χ1) is 15.4. The van der Waals surface area contributed by atoms with E-state index < -0.39 is 16.0 Å². The van der Waals surface area contributed by atoms with Crippen LogP contribution in [0.25, 0.3) is 11.5 Å². The third kappa shape index (κ3) is 5.10. The molecule has 0 radical (unpaired) electrons. The standard InChI is InChI=1S/C22H17FN2O6S/c23-17-7-3-15(4-8-17)21-25-18(13-30-21)14-31-22(26)16-5-9-20(10-6-16)32(27,28)24-12-19-2-1-11-29-19/h1-11,13,24H,12,14H2. The van der Waals surface area contributed by atoms with Crippen molar-refractivity contribution in [2.45, 2.75) is 18.0 Å². The van der Waals surface area contributed by atoms with Gasteiger partial charge in [0, 0.05) is 5.56 Å². The molecule has 0 aliphatic rings. The molecule has 8 nitrogen and oxygen atoms in total. The average molecular weight is 456 g/mol. The molecule has 0 aliphatic heterocycles. The zero-order valence-corrected chi connectivity index (χ0v) is 17.3. The molecule has 10 heteroatoms. The van der Waals surface area contributed by atoms with Crippen molar-refractivity contribution in [3.05, 3.63) is 96.0 Å². The van der Waals surface area contributed by atoms with E-state index in [1.807, 2.05) is 0 Å². The molecule has 0 saturated carbocycles. The van der Waals surface area contributed by atoms with Crippen LogP contribution in [-0.4, -0.2) is 19.4 Å². The highest BCUT2D eigenvalue weighted by molar-refractivity contribution is 7.89. The number of aromatic nitrogens is 1. The Morgan fingerprint density at radius 2 is 1.78 bits per heavy atom. The Morgan fingerprint density at radius 3 is 2.47 bits per heavy atom. The summed E-state index contributed by atoms with van der Waals surface area (Å²) in [6.07, 6.45) is 2.79. The van der Waals surface area contributed by atoms with Gasteiger partial charge in [0.15, 0.2) is 0 Å². The molecule has 0 fully saturated rings. The lowest BCUT2D eigenvalue weighted by atomic mass is 10.2. The van der Waals surface area contributed by atoms with E-state index in [-0.39, 0.29) is 35.3 Å². The van der Waals surface area contributed by atoms with E-state index in [9.17, 15) is 17.6 Å². The summed E-state index contributed by atoms with van der Waals surface area (Å²) in [6, 6.07) is 14.3. The second-order valence-corrected chi connectivity index (χ2v) is 8.42. The van der Waals surface area contributed by atoms with Gasteiger partial charge in [0.2, 0.25) is 15.9 Å². The number of esters is 1. The summed E-state index contributed by atoms with van der Waals surface area (Å²) in [7, 11) is -3.77. The summed E-state index contributed by atoms with van der Waals surface area (Å²) in [5.41, 5.74) is 1.14. The molecule has 32 heavy (non-hydrogen) atoms. The Hall–Kier alpha value is -3.76. The van der Waals surface area contributed by atoms with Crippen LogP contribution in [0.1, 0.15) is 21.8 Å². The van der Waals surface area contributed by atoms with Gasteiger partial charge in [-0.1, -0.05) is 0 Å². The fourth-order valence-corrected chi connectivity index (χ4v) is 3.75. The number of halogens is 1. The second kappa shape index (κ2) is 9.16. The smallest absolute Gasteiger partial charge is 0.338 e. The van der Waals surface area contributed by atoms with Gasteiger partial charge in [-0.15, -0.1) is 0 Å². The number of nitrogens with zero attached hydrogens (tertiary/aromatic N) is 1. The number of oxazole rings is 1. The first kappa shape index (κ1) is 21.5. The van der Waals surface area contributed by atoms with E-state index in [1.54, 1.807) is 12.1 Å². The summed E-state index contributed by atoms with van der Waals surface area (Å²) in [4.78, 5) is 16.5. The van der Waals surface area contributed by atoms with E-state index in [0.29, 0.717) is 17.0 Å². The third-order valence-electron chi connectivity index (χ3n) is 4.41. The van der Waals surface area contributed by atoms with Crippen LogP contribution in [0.4, 0.5) is 4.39 Å². The zero-order valence-electron chi connectivity index (χ0n) is 16.5. The van der Waals surface area contributed by atoms with Crippen molar-refractivity contribution in [2.24, 2.45) is 0 Å². The Labute approximate surface area is 182 Å². The van der Waals surface area contributed by atoms with Gasteiger partial charge < -0.3 is 13.6 Å². The zero-order chi connectivity index (χ0) is 22.6. The predicted molar refractivity (Wildman–Crippen MR) is 110 cm³/mol.